The molecule has 3 rings (SSSR count). The SMILES string of the molecule is Fc1ccc(Oc2nc(CNC3CC3)co2)c(F)c1. The number of nitrogens with one attached hydrogen (secondary N) is 1. The molecule has 19 heavy (non-hydrogen) atoms. The standard InChI is InChI=1S/C13H12F2N2O2/c14-8-1-4-12(11(15)5-8)19-13-17-10(7-18-13)6-16-9-2-3-9/h1,4-5,7,9,16H,2-3,6H2. The molecule has 0 amide bonds. The Balaban J connectivity index is 1.65. The molecule has 1 heterocycles. The molecule has 0 atom stereocenters. The van der Waals surface area contributed by atoms with Crippen molar-refractivity contribution < 1.29 is 17.9 Å². The monoisotopic (exact) mass is 266 g/mol. The number of hydrogen-bond donors (Lipinski definition) is 1. The maximum atomic E-state index is 13.4. The van der Waals surface area contributed by atoms with Crippen LogP contribution >= 0.6 is 0 Å². The van der Waals surface area contributed by atoms with Gasteiger partial charge in [0.25, 0.3) is 0 Å². The number of oxazole rings is 1. The predicted octanol–water partition coefficient (Wildman–Crippen LogP) is 3.00. The number of halogens is 2. The van der Waals surface area contributed by atoms with Crippen molar-refractivity contribution in [1.82, 2.24) is 10.3 Å². The van der Waals surface area contributed by atoms with E-state index in [2.05, 4.69) is 10.3 Å². The molecule has 0 spiro atoms. The van der Waals surface area contributed by atoms with E-state index < -0.39 is 11.6 Å². The van der Waals surface area contributed by atoms with E-state index in [0.29, 0.717) is 18.3 Å². The average Bonchev–Trinajstić information content (AvgIpc) is 3.10. The van der Waals surface area contributed by atoms with E-state index in [1.165, 1.54) is 25.2 Å². The summed E-state index contributed by atoms with van der Waals surface area (Å²) in [4.78, 5) is 4.06. The number of benzene rings is 1. The zero-order valence-corrected chi connectivity index (χ0v) is 10.0. The fourth-order valence-electron chi connectivity index (χ4n) is 1.60. The van der Waals surface area contributed by atoms with Crippen molar-refractivity contribution in [2.24, 2.45) is 0 Å². The van der Waals surface area contributed by atoms with E-state index in [-0.39, 0.29) is 11.8 Å². The highest BCUT2D eigenvalue weighted by atomic mass is 19.1. The first-order chi connectivity index (χ1) is 9.20. The van der Waals surface area contributed by atoms with E-state index in [9.17, 15) is 8.78 Å². The molecule has 1 fully saturated rings. The molecule has 0 bridgehead atoms. The summed E-state index contributed by atoms with van der Waals surface area (Å²) in [5, 5.41) is 3.27. The molecule has 4 nitrogen and oxygen atoms in total. The van der Waals surface area contributed by atoms with Crippen LogP contribution in [-0.4, -0.2) is 11.0 Å². The third-order valence-electron chi connectivity index (χ3n) is 2.77. The van der Waals surface area contributed by atoms with E-state index in [1.807, 2.05) is 0 Å². The second kappa shape index (κ2) is 4.97. The summed E-state index contributed by atoms with van der Waals surface area (Å²) < 4.78 is 36.3. The van der Waals surface area contributed by atoms with Crippen molar-refractivity contribution in [2.45, 2.75) is 25.4 Å². The van der Waals surface area contributed by atoms with Crippen LogP contribution in [-0.2, 0) is 6.54 Å². The largest absolute Gasteiger partial charge is 0.417 e. The van der Waals surface area contributed by atoms with Gasteiger partial charge in [-0.3, -0.25) is 0 Å². The van der Waals surface area contributed by atoms with Gasteiger partial charge in [-0.25, -0.2) is 8.78 Å². The van der Waals surface area contributed by atoms with Crippen LogP contribution in [0.4, 0.5) is 8.78 Å². The average molecular weight is 266 g/mol. The van der Waals surface area contributed by atoms with Crippen molar-refractivity contribution >= 4 is 0 Å². The van der Waals surface area contributed by atoms with Gasteiger partial charge in [-0.2, -0.15) is 4.98 Å². The van der Waals surface area contributed by atoms with Gasteiger partial charge in [0.15, 0.2) is 11.6 Å². The fourth-order valence-corrected chi connectivity index (χ4v) is 1.60. The van der Waals surface area contributed by atoms with Crippen molar-refractivity contribution in [3.8, 4) is 11.8 Å². The van der Waals surface area contributed by atoms with E-state index >= 15 is 0 Å². The smallest absolute Gasteiger partial charge is 0.399 e. The maximum absolute atomic E-state index is 13.4. The van der Waals surface area contributed by atoms with Crippen molar-refractivity contribution in [3.63, 3.8) is 0 Å². The molecule has 0 aliphatic heterocycles. The molecule has 2 aromatic rings. The third-order valence-corrected chi connectivity index (χ3v) is 2.77. The molecule has 0 radical (unpaired) electrons. The minimum atomic E-state index is -0.796. The van der Waals surface area contributed by atoms with Crippen molar-refractivity contribution in [1.29, 1.82) is 0 Å². The second-order valence-corrected chi connectivity index (χ2v) is 4.44. The minimum absolute atomic E-state index is 0.0573. The van der Waals surface area contributed by atoms with Crippen LogP contribution in [0.3, 0.4) is 0 Å². The Hall–Kier alpha value is -1.95. The Morgan fingerprint density at radius 3 is 2.95 bits per heavy atom. The first-order valence-corrected chi connectivity index (χ1v) is 6.01. The van der Waals surface area contributed by atoms with E-state index in [1.54, 1.807) is 0 Å². The van der Waals surface area contributed by atoms with Crippen LogP contribution in [0.1, 0.15) is 18.5 Å². The Bertz CT molecular complexity index is 582. The number of hydrogen-bond acceptors (Lipinski definition) is 4. The number of ether oxygens (including phenoxy) is 1. The lowest BCUT2D eigenvalue weighted by molar-refractivity contribution is 0.317. The summed E-state index contributed by atoms with van der Waals surface area (Å²) >= 11 is 0. The number of nitrogens with zero attached hydrogens (tertiary/aromatic N) is 1. The summed E-state index contributed by atoms with van der Waals surface area (Å²) in [6, 6.07) is 3.61. The molecule has 100 valence electrons. The predicted molar refractivity (Wildman–Crippen MR) is 62.8 cm³/mol. The minimum Gasteiger partial charge on any atom is -0.417 e. The molecule has 1 aliphatic rings. The molecule has 1 aromatic heterocycles. The van der Waals surface area contributed by atoms with Gasteiger partial charge in [-0.1, -0.05) is 0 Å². The van der Waals surface area contributed by atoms with Gasteiger partial charge in [-0.15, -0.1) is 0 Å². The molecule has 6 heteroatoms. The number of rotatable bonds is 5. The van der Waals surface area contributed by atoms with Crippen molar-refractivity contribution in [2.75, 3.05) is 0 Å². The van der Waals surface area contributed by atoms with Gasteiger partial charge < -0.3 is 14.5 Å². The van der Waals surface area contributed by atoms with Crippen LogP contribution in [0.5, 0.6) is 11.8 Å². The number of aromatic nitrogens is 1. The molecule has 0 unspecified atom stereocenters. The summed E-state index contributed by atoms with van der Waals surface area (Å²) in [6.07, 6.45) is 3.76. The van der Waals surface area contributed by atoms with Gasteiger partial charge in [-0.05, 0) is 25.0 Å². The molecule has 1 aromatic carbocycles. The molecule has 0 saturated heterocycles. The first kappa shape index (κ1) is 12.1. The van der Waals surface area contributed by atoms with Crippen LogP contribution in [0.25, 0.3) is 0 Å². The lowest BCUT2D eigenvalue weighted by Crippen LogP contribution is -2.15. The quantitative estimate of drug-likeness (QED) is 0.903. The van der Waals surface area contributed by atoms with Crippen molar-refractivity contribution in [3.05, 3.63) is 41.8 Å². The van der Waals surface area contributed by atoms with Crippen LogP contribution in [0.15, 0.2) is 28.9 Å². The highest BCUT2D eigenvalue weighted by molar-refractivity contribution is 5.26. The summed E-state index contributed by atoms with van der Waals surface area (Å²) in [7, 11) is 0. The zero-order chi connectivity index (χ0) is 13.2. The summed E-state index contributed by atoms with van der Waals surface area (Å²) in [5.41, 5.74) is 0.685. The Labute approximate surface area is 108 Å². The summed E-state index contributed by atoms with van der Waals surface area (Å²) in [6.45, 7) is 0.587. The first-order valence-electron chi connectivity index (χ1n) is 6.01. The summed E-state index contributed by atoms with van der Waals surface area (Å²) in [5.74, 6) is -1.58. The van der Waals surface area contributed by atoms with Gasteiger partial charge >= 0.3 is 6.08 Å². The van der Waals surface area contributed by atoms with Gasteiger partial charge in [0.05, 0.1) is 5.69 Å². The van der Waals surface area contributed by atoms with Gasteiger partial charge in [0.1, 0.15) is 12.1 Å². The van der Waals surface area contributed by atoms with Crippen LogP contribution in [0, 0.1) is 11.6 Å². The topological polar surface area (TPSA) is 47.3 Å². The maximum Gasteiger partial charge on any atom is 0.399 e. The van der Waals surface area contributed by atoms with E-state index in [4.69, 9.17) is 9.15 Å². The highest BCUT2D eigenvalue weighted by Crippen LogP contribution is 2.25. The molecule has 1 N–H and O–H groups in total. The van der Waals surface area contributed by atoms with Crippen LogP contribution < -0.4 is 10.1 Å². The fraction of sp³-hybridized carbons (Fsp3) is 0.308. The Morgan fingerprint density at radius 1 is 1.37 bits per heavy atom. The Kier molecular flexibility index (Phi) is 3.16. The molecule has 1 aliphatic carbocycles. The zero-order valence-electron chi connectivity index (χ0n) is 10.0. The van der Waals surface area contributed by atoms with Gasteiger partial charge in [0.2, 0.25) is 0 Å². The highest BCUT2D eigenvalue weighted by Gasteiger charge is 2.20. The molecule has 1 saturated carbocycles. The van der Waals surface area contributed by atoms with Gasteiger partial charge in [0, 0.05) is 18.7 Å². The van der Waals surface area contributed by atoms with Crippen LogP contribution in [0.2, 0.25) is 0 Å². The Morgan fingerprint density at radius 2 is 2.21 bits per heavy atom. The normalized spacial score (nSPS) is 14.6. The molecular weight excluding hydrogens is 254 g/mol. The molecular formula is C13H12F2N2O2. The second-order valence-electron chi connectivity index (χ2n) is 4.44. The lowest BCUT2D eigenvalue weighted by atomic mass is 10.3. The van der Waals surface area contributed by atoms with E-state index in [0.717, 1.165) is 12.1 Å². The lowest BCUT2D eigenvalue weighted by Gasteiger charge is -2.01. The third kappa shape index (κ3) is 3.08.